The molecule has 4 atom stereocenters. The third kappa shape index (κ3) is 3.46. The van der Waals surface area contributed by atoms with Crippen molar-refractivity contribution in [2.45, 2.75) is 38.0 Å². The van der Waals surface area contributed by atoms with Crippen LogP contribution in [0, 0.1) is 17.8 Å². The van der Waals surface area contributed by atoms with Gasteiger partial charge in [0.2, 0.25) is 17.7 Å². The van der Waals surface area contributed by atoms with Gasteiger partial charge in [0, 0.05) is 32.0 Å². The number of imide groups is 1. The zero-order valence-electron chi connectivity index (χ0n) is 16.3. The first-order valence-electron chi connectivity index (χ1n) is 10.5. The van der Waals surface area contributed by atoms with Crippen LogP contribution in [0.3, 0.4) is 0 Å². The molecule has 6 heteroatoms. The van der Waals surface area contributed by atoms with E-state index in [9.17, 15) is 14.4 Å². The summed E-state index contributed by atoms with van der Waals surface area (Å²) in [5, 5.41) is 0. The van der Waals surface area contributed by atoms with E-state index in [-0.39, 0.29) is 54.4 Å². The third-order valence-electron chi connectivity index (χ3n) is 6.81. The fourth-order valence-corrected chi connectivity index (χ4v) is 5.21. The lowest BCUT2D eigenvalue weighted by Gasteiger charge is -2.19. The average Bonchev–Trinajstić information content (AvgIpc) is 3.27. The molecule has 4 rings (SSSR count). The number of nitrogens with zero attached hydrogens (tertiary/aromatic N) is 2. The molecule has 1 aliphatic carbocycles. The molecular formula is C22H29N3O3. The van der Waals surface area contributed by atoms with Crippen molar-refractivity contribution in [2.75, 3.05) is 26.2 Å². The molecule has 2 saturated heterocycles. The van der Waals surface area contributed by atoms with Crippen LogP contribution >= 0.6 is 0 Å². The summed E-state index contributed by atoms with van der Waals surface area (Å²) in [5.74, 6) is 0.0703. The van der Waals surface area contributed by atoms with Crippen molar-refractivity contribution >= 4 is 17.7 Å². The summed E-state index contributed by atoms with van der Waals surface area (Å²) in [7, 11) is 0. The lowest BCUT2D eigenvalue weighted by atomic mass is 9.81. The van der Waals surface area contributed by atoms with E-state index in [2.05, 4.69) is 12.1 Å². The number of hydrogen-bond donors (Lipinski definition) is 1. The van der Waals surface area contributed by atoms with E-state index in [4.69, 9.17) is 5.73 Å². The summed E-state index contributed by atoms with van der Waals surface area (Å²) in [6.45, 7) is 2.04. The topological polar surface area (TPSA) is 83.7 Å². The molecule has 3 aliphatic rings. The second-order valence-electron chi connectivity index (χ2n) is 8.39. The van der Waals surface area contributed by atoms with Crippen LogP contribution in [0.4, 0.5) is 0 Å². The maximum atomic E-state index is 12.8. The zero-order chi connectivity index (χ0) is 19.7. The zero-order valence-corrected chi connectivity index (χ0v) is 16.3. The van der Waals surface area contributed by atoms with Gasteiger partial charge in [-0.05, 0) is 30.9 Å². The molecular weight excluding hydrogens is 354 g/mol. The summed E-state index contributed by atoms with van der Waals surface area (Å²) in [6, 6.07) is 10.2. The van der Waals surface area contributed by atoms with Crippen molar-refractivity contribution in [1.82, 2.24) is 9.80 Å². The number of likely N-dealkylation sites (tertiary alicyclic amines) is 2. The fourth-order valence-electron chi connectivity index (χ4n) is 5.21. The lowest BCUT2D eigenvalue weighted by Crippen LogP contribution is -2.37. The predicted octanol–water partition coefficient (Wildman–Crippen LogP) is 1.75. The fraction of sp³-hybridized carbons (Fsp3) is 0.591. The average molecular weight is 383 g/mol. The van der Waals surface area contributed by atoms with Gasteiger partial charge in [-0.1, -0.05) is 43.2 Å². The summed E-state index contributed by atoms with van der Waals surface area (Å²) >= 11 is 0. The smallest absolute Gasteiger partial charge is 0.233 e. The predicted molar refractivity (Wildman–Crippen MR) is 105 cm³/mol. The Morgan fingerprint density at radius 1 is 0.964 bits per heavy atom. The first kappa shape index (κ1) is 19.1. The number of rotatable bonds is 5. The first-order valence-corrected chi connectivity index (χ1v) is 10.5. The normalized spacial score (nSPS) is 30.0. The summed E-state index contributed by atoms with van der Waals surface area (Å²) in [4.78, 5) is 41.2. The van der Waals surface area contributed by atoms with Gasteiger partial charge in [0.05, 0.1) is 11.8 Å². The number of hydrogen-bond acceptors (Lipinski definition) is 4. The van der Waals surface area contributed by atoms with Crippen LogP contribution in [-0.4, -0.2) is 53.7 Å². The van der Waals surface area contributed by atoms with Crippen molar-refractivity contribution in [3.05, 3.63) is 35.9 Å². The number of fused-ring (bicyclic) bond motifs is 1. The Hall–Kier alpha value is -2.21. The van der Waals surface area contributed by atoms with Crippen molar-refractivity contribution in [1.29, 1.82) is 0 Å². The molecule has 3 fully saturated rings. The minimum atomic E-state index is -0.146. The largest absolute Gasteiger partial charge is 0.342 e. The molecule has 0 bridgehead atoms. The van der Waals surface area contributed by atoms with E-state index in [0.29, 0.717) is 19.6 Å². The van der Waals surface area contributed by atoms with E-state index >= 15 is 0 Å². The molecule has 28 heavy (non-hydrogen) atoms. The van der Waals surface area contributed by atoms with Crippen molar-refractivity contribution in [2.24, 2.45) is 23.5 Å². The Balaban J connectivity index is 1.36. The van der Waals surface area contributed by atoms with Crippen LogP contribution in [0.25, 0.3) is 0 Å². The number of carbonyl (C=O) groups excluding carboxylic acids is 3. The quantitative estimate of drug-likeness (QED) is 0.785. The number of benzene rings is 1. The van der Waals surface area contributed by atoms with Gasteiger partial charge in [-0.15, -0.1) is 0 Å². The van der Waals surface area contributed by atoms with E-state index in [1.807, 2.05) is 23.1 Å². The van der Waals surface area contributed by atoms with E-state index in [1.54, 1.807) is 0 Å². The minimum absolute atomic E-state index is 0.00681. The molecule has 1 aromatic rings. The van der Waals surface area contributed by atoms with Gasteiger partial charge in [0.25, 0.3) is 0 Å². The molecule has 2 unspecified atom stereocenters. The van der Waals surface area contributed by atoms with E-state index in [1.165, 1.54) is 10.5 Å². The van der Waals surface area contributed by atoms with Gasteiger partial charge in [0.1, 0.15) is 0 Å². The van der Waals surface area contributed by atoms with Crippen molar-refractivity contribution in [3.8, 4) is 0 Å². The molecule has 2 heterocycles. The van der Waals surface area contributed by atoms with Crippen LogP contribution in [0.2, 0.25) is 0 Å². The van der Waals surface area contributed by atoms with Crippen LogP contribution in [0.15, 0.2) is 30.3 Å². The highest BCUT2D eigenvalue weighted by Crippen LogP contribution is 2.38. The summed E-state index contributed by atoms with van der Waals surface area (Å²) < 4.78 is 0. The molecule has 0 spiro atoms. The SMILES string of the molecule is NC[C@@H]1CN(C(=O)CCN2C(=O)C3CCCCC3C2=O)C[C@H]1c1ccccc1. The second kappa shape index (κ2) is 8.03. The Bertz CT molecular complexity index is 727. The molecule has 6 nitrogen and oxygen atoms in total. The van der Waals surface area contributed by atoms with Gasteiger partial charge in [-0.2, -0.15) is 0 Å². The Morgan fingerprint density at radius 2 is 1.61 bits per heavy atom. The molecule has 1 aromatic carbocycles. The number of nitrogens with two attached hydrogens (primary N) is 1. The van der Waals surface area contributed by atoms with Gasteiger partial charge >= 0.3 is 0 Å². The van der Waals surface area contributed by atoms with Gasteiger partial charge < -0.3 is 10.6 Å². The molecule has 0 radical (unpaired) electrons. The maximum Gasteiger partial charge on any atom is 0.233 e. The van der Waals surface area contributed by atoms with Gasteiger partial charge in [-0.25, -0.2) is 0 Å². The second-order valence-corrected chi connectivity index (χ2v) is 8.39. The Kier molecular flexibility index (Phi) is 5.49. The monoisotopic (exact) mass is 383 g/mol. The standard InChI is InChI=1S/C22H29N3O3/c23-12-16-13-24(14-19(16)15-6-2-1-3-7-15)20(26)10-11-25-21(27)17-8-4-5-9-18(17)22(25)28/h1-3,6-7,16-19H,4-5,8-14,23H2/t16-,17?,18?,19+/m1/s1. The van der Waals surface area contributed by atoms with Crippen LogP contribution in [0.5, 0.6) is 0 Å². The molecule has 150 valence electrons. The highest BCUT2D eigenvalue weighted by Gasteiger charge is 2.48. The van der Waals surface area contributed by atoms with Crippen LogP contribution in [0.1, 0.15) is 43.6 Å². The van der Waals surface area contributed by atoms with Gasteiger partial charge in [0.15, 0.2) is 0 Å². The summed E-state index contributed by atoms with van der Waals surface area (Å²) in [5.41, 5.74) is 7.18. The minimum Gasteiger partial charge on any atom is -0.342 e. The van der Waals surface area contributed by atoms with Crippen LogP contribution < -0.4 is 5.73 Å². The molecule has 0 aromatic heterocycles. The Labute approximate surface area is 166 Å². The molecule has 1 saturated carbocycles. The molecule has 2 aliphatic heterocycles. The van der Waals surface area contributed by atoms with Crippen molar-refractivity contribution in [3.63, 3.8) is 0 Å². The molecule has 2 N–H and O–H groups in total. The third-order valence-corrected chi connectivity index (χ3v) is 6.81. The van der Waals surface area contributed by atoms with Crippen LogP contribution in [-0.2, 0) is 14.4 Å². The molecule has 3 amide bonds. The maximum absolute atomic E-state index is 12.8. The number of amides is 3. The lowest BCUT2D eigenvalue weighted by molar-refractivity contribution is -0.140. The highest BCUT2D eigenvalue weighted by atomic mass is 16.2. The van der Waals surface area contributed by atoms with Gasteiger partial charge in [-0.3, -0.25) is 19.3 Å². The Morgan fingerprint density at radius 3 is 2.21 bits per heavy atom. The first-order chi connectivity index (χ1) is 13.6. The number of carbonyl (C=O) groups is 3. The van der Waals surface area contributed by atoms with Crippen molar-refractivity contribution < 1.29 is 14.4 Å². The van der Waals surface area contributed by atoms with E-state index < -0.39 is 0 Å². The van der Waals surface area contributed by atoms with E-state index in [0.717, 1.165) is 25.7 Å². The summed E-state index contributed by atoms with van der Waals surface area (Å²) in [6.07, 6.45) is 3.85. The highest BCUT2D eigenvalue weighted by molar-refractivity contribution is 6.05.